The van der Waals surface area contributed by atoms with Crippen LogP contribution in [0.1, 0.15) is 30.3 Å². The topological polar surface area (TPSA) is 58.9 Å². The molecule has 0 aliphatic carbocycles. The van der Waals surface area contributed by atoms with E-state index in [0.29, 0.717) is 15.7 Å². The van der Waals surface area contributed by atoms with Crippen molar-refractivity contribution in [3.63, 3.8) is 0 Å². The fraction of sp³-hybridized carbons (Fsp3) is 0.375. The Labute approximate surface area is 157 Å². The van der Waals surface area contributed by atoms with E-state index in [1.165, 1.54) is 0 Å². The Balaban J connectivity index is 0.00000208. The van der Waals surface area contributed by atoms with E-state index in [4.69, 9.17) is 23.2 Å². The van der Waals surface area contributed by atoms with Gasteiger partial charge in [0.05, 0.1) is 15.7 Å². The second-order valence-corrected chi connectivity index (χ2v) is 6.52. The summed E-state index contributed by atoms with van der Waals surface area (Å²) in [4.78, 5) is 12.4. The van der Waals surface area contributed by atoms with Crippen molar-refractivity contribution in [3.8, 4) is 5.69 Å². The molecule has 0 spiro atoms. The van der Waals surface area contributed by atoms with Crippen LogP contribution in [-0.4, -0.2) is 34.3 Å². The molecule has 2 atom stereocenters. The van der Waals surface area contributed by atoms with Crippen LogP contribution >= 0.6 is 35.6 Å². The van der Waals surface area contributed by atoms with Gasteiger partial charge in [0.1, 0.15) is 0 Å². The van der Waals surface area contributed by atoms with Crippen LogP contribution in [0.2, 0.25) is 10.0 Å². The Morgan fingerprint density at radius 3 is 2.83 bits per heavy atom. The standard InChI is InChI=1S/C16H18Cl2N4O.ClH/c1-10-14(3-2-7-19-10)20-16(23)15-6-8-22(21-15)11-4-5-12(17)13(18)9-11;/h4-6,8-10,14,19H,2-3,7H2,1H3,(H,20,23);1H. The molecule has 2 N–H and O–H groups in total. The molecule has 2 heterocycles. The summed E-state index contributed by atoms with van der Waals surface area (Å²) in [6, 6.07) is 7.31. The number of nitrogens with zero attached hydrogens (tertiary/aromatic N) is 2. The van der Waals surface area contributed by atoms with E-state index in [1.54, 1.807) is 35.1 Å². The summed E-state index contributed by atoms with van der Waals surface area (Å²) in [5.41, 5.74) is 1.14. The molecule has 5 nitrogen and oxygen atoms in total. The number of aromatic nitrogens is 2. The van der Waals surface area contributed by atoms with Gasteiger partial charge in [0.15, 0.2) is 5.69 Å². The molecule has 0 saturated carbocycles. The summed E-state index contributed by atoms with van der Waals surface area (Å²) in [5.74, 6) is -0.163. The lowest BCUT2D eigenvalue weighted by Crippen LogP contribution is -2.52. The van der Waals surface area contributed by atoms with Crippen molar-refractivity contribution in [1.82, 2.24) is 20.4 Å². The summed E-state index contributed by atoms with van der Waals surface area (Å²) in [7, 11) is 0. The molecule has 1 fully saturated rings. The van der Waals surface area contributed by atoms with Crippen LogP contribution in [0.4, 0.5) is 0 Å². The molecule has 1 aromatic heterocycles. The summed E-state index contributed by atoms with van der Waals surface area (Å²) in [6.07, 6.45) is 3.78. The molecule has 2 aromatic rings. The van der Waals surface area contributed by atoms with Gasteiger partial charge in [0, 0.05) is 18.3 Å². The molecule has 1 aliphatic heterocycles. The minimum Gasteiger partial charge on any atom is -0.346 e. The van der Waals surface area contributed by atoms with Crippen LogP contribution in [-0.2, 0) is 0 Å². The number of carbonyl (C=O) groups excluding carboxylic acids is 1. The lowest BCUT2D eigenvalue weighted by atomic mass is 10.00. The number of rotatable bonds is 3. The molecule has 130 valence electrons. The maximum absolute atomic E-state index is 12.4. The first kappa shape index (κ1) is 19.1. The van der Waals surface area contributed by atoms with Crippen LogP contribution in [0.5, 0.6) is 0 Å². The highest BCUT2D eigenvalue weighted by atomic mass is 35.5. The Hall–Kier alpha value is -1.27. The summed E-state index contributed by atoms with van der Waals surface area (Å²) < 4.78 is 1.61. The molecule has 24 heavy (non-hydrogen) atoms. The van der Waals surface area contributed by atoms with Crippen LogP contribution in [0.25, 0.3) is 5.69 Å². The molecular weight excluding hydrogens is 371 g/mol. The number of halogens is 3. The predicted octanol–water partition coefficient (Wildman–Crippen LogP) is 3.47. The van der Waals surface area contributed by atoms with E-state index in [2.05, 4.69) is 22.7 Å². The molecule has 0 radical (unpaired) electrons. The van der Waals surface area contributed by atoms with Crippen LogP contribution in [0.15, 0.2) is 30.5 Å². The van der Waals surface area contributed by atoms with E-state index in [-0.39, 0.29) is 30.4 Å². The van der Waals surface area contributed by atoms with Crippen molar-refractivity contribution >= 4 is 41.5 Å². The number of amides is 1. The largest absolute Gasteiger partial charge is 0.346 e. The summed E-state index contributed by atoms with van der Waals surface area (Å²) >= 11 is 11.9. The number of nitrogens with one attached hydrogen (secondary N) is 2. The fourth-order valence-corrected chi connectivity index (χ4v) is 2.99. The average Bonchev–Trinajstić information content (AvgIpc) is 3.02. The highest BCUT2D eigenvalue weighted by molar-refractivity contribution is 6.42. The first-order valence-electron chi connectivity index (χ1n) is 7.60. The normalized spacial score (nSPS) is 20.3. The van der Waals surface area contributed by atoms with E-state index >= 15 is 0 Å². The van der Waals surface area contributed by atoms with Gasteiger partial charge < -0.3 is 10.6 Å². The van der Waals surface area contributed by atoms with Gasteiger partial charge in [0.25, 0.3) is 5.91 Å². The fourth-order valence-electron chi connectivity index (χ4n) is 2.70. The third-order valence-electron chi connectivity index (χ3n) is 4.07. The maximum atomic E-state index is 12.4. The lowest BCUT2D eigenvalue weighted by molar-refractivity contribution is 0.0914. The van der Waals surface area contributed by atoms with E-state index < -0.39 is 0 Å². The predicted molar refractivity (Wildman–Crippen MR) is 98.8 cm³/mol. The lowest BCUT2D eigenvalue weighted by Gasteiger charge is -2.30. The van der Waals surface area contributed by atoms with Gasteiger partial charge in [-0.3, -0.25) is 4.79 Å². The SMILES string of the molecule is CC1NCCCC1NC(=O)c1ccn(-c2ccc(Cl)c(Cl)c2)n1.Cl. The third kappa shape index (κ3) is 4.22. The van der Waals surface area contributed by atoms with Gasteiger partial charge >= 0.3 is 0 Å². The first-order chi connectivity index (χ1) is 11.0. The van der Waals surface area contributed by atoms with Crippen molar-refractivity contribution in [1.29, 1.82) is 0 Å². The molecule has 1 aliphatic rings. The molecule has 3 rings (SSSR count). The average molecular weight is 390 g/mol. The summed E-state index contributed by atoms with van der Waals surface area (Å²) in [6.45, 7) is 3.08. The molecule has 0 bridgehead atoms. The maximum Gasteiger partial charge on any atom is 0.272 e. The van der Waals surface area contributed by atoms with Crippen molar-refractivity contribution in [2.75, 3.05) is 6.54 Å². The second-order valence-electron chi connectivity index (χ2n) is 5.71. The van der Waals surface area contributed by atoms with E-state index in [1.807, 2.05) is 0 Å². The van der Waals surface area contributed by atoms with Crippen LogP contribution in [0, 0.1) is 0 Å². The minimum atomic E-state index is -0.163. The number of hydrogen-bond acceptors (Lipinski definition) is 3. The van der Waals surface area contributed by atoms with Crippen molar-refractivity contribution in [3.05, 3.63) is 46.2 Å². The van der Waals surface area contributed by atoms with Crippen molar-refractivity contribution in [2.45, 2.75) is 31.8 Å². The summed E-state index contributed by atoms with van der Waals surface area (Å²) in [5, 5.41) is 11.7. The van der Waals surface area contributed by atoms with Crippen LogP contribution < -0.4 is 10.6 Å². The molecule has 1 aromatic carbocycles. The molecule has 8 heteroatoms. The highest BCUT2D eigenvalue weighted by Crippen LogP contribution is 2.24. The zero-order valence-corrected chi connectivity index (χ0v) is 15.5. The van der Waals surface area contributed by atoms with Crippen molar-refractivity contribution < 1.29 is 4.79 Å². The quantitative estimate of drug-likeness (QED) is 0.845. The minimum absolute atomic E-state index is 0. The van der Waals surface area contributed by atoms with Gasteiger partial charge in [-0.25, -0.2) is 4.68 Å². The monoisotopic (exact) mass is 388 g/mol. The van der Waals surface area contributed by atoms with Gasteiger partial charge in [-0.05, 0) is 50.6 Å². The Kier molecular flexibility index (Phi) is 6.52. The number of hydrogen-bond donors (Lipinski definition) is 2. The van der Waals surface area contributed by atoms with Gasteiger partial charge in [0.2, 0.25) is 0 Å². The second kappa shape index (κ2) is 8.21. The van der Waals surface area contributed by atoms with Gasteiger partial charge in [-0.2, -0.15) is 5.10 Å². The molecule has 1 saturated heterocycles. The van der Waals surface area contributed by atoms with Crippen LogP contribution in [0.3, 0.4) is 0 Å². The smallest absolute Gasteiger partial charge is 0.272 e. The van der Waals surface area contributed by atoms with E-state index in [0.717, 1.165) is 25.1 Å². The number of carbonyl (C=O) groups is 1. The molecular formula is C16H19Cl3N4O. The van der Waals surface area contributed by atoms with Gasteiger partial charge in [-0.1, -0.05) is 23.2 Å². The van der Waals surface area contributed by atoms with Gasteiger partial charge in [-0.15, -0.1) is 12.4 Å². The zero-order valence-electron chi connectivity index (χ0n) is 13.1. The third-order valence-corrected chi connectivity index (χ3v) is 4.81. The number of piperidine rings is 1. The Morgan fingerprint density at radius 2 is 2.12 bits per heavy atom. The number of benzene rings is 1. The molecule has 2 unspecified atom stereocenters. The van der Waals surface area contributed by atoms with E-state index in [9.17, 15) is 4.79 Å². The zero-order chi connectivity index (χ0) is 16.4. The Bertz CT molecular complexity index is 719. The van der Waals surface area contributed by atoms with Crippen molar-refractivity contribution in [2.24, 2.45) is 0 Å². The highest BCUT2D eigenvalue weighted by Gasteiger charge is 2.23. The molecule has 1 amide bonds. The Morgan fingerprint density at radius 1 is 1.33 bits per heavy atom. The first-order valence-corrected chi connectivity index (χ1v) is 8.35.